The maximum absolute atomic E-state index is 13.4. The maximum Gasteiger partial charge on any atom is 0.343 e. The van der Waals surface area contributed by atoms with Gasteiger partial charge < -0.3 is 18.7 Å². The van der Waals surface area contributed by atoms with E-state index in [0.29, 0.717) is 16.6 Å². The van der Waals surface area contributed by atoms with E-state index >= 15 is 0 Å². The zero-order chi connectivity index (χ0) is 22.9. The van der Waals surface area contributed by atoms with Crippen LogP contribution in [0.2, 0.25) is 0 Å². The summed E-state index contributed by atoms with van der Waals surface area (Å²) in [7, 11) is 0. The van der Waals surface area contributed by atoms with E-state index in [2.05, 4.69) is 20.3 Å². The number of ether oxygens (including phenoxy) is 1. The van der Waals surface area contributed by atoms with Crippen LogP contribution in [0, 0.1) is 11.8 Å². The number of aliphatic hydroxyl groups is 1. The van der Waals surface area contributed by atoms with E-state index in [-0.39, 0.29) is 36.3 Å². The highest BCUT2D eigenvalue weighted by Crippen LogP contribution is 2.43. The van der Waals surface area contributed by atoms with Crippen LogP contribution in [0.1, 0.15) is 44.1 Å². The summed E-state index contributed by atoms with van der Waals surface area (Å²) in [5, 5.41) is 14.3. The third-order valence-electron chi connectivity index (χ3n) is 7.74. The quantitative estimate of drug-likeness (QED) is 0.475. The fourth-order valence-electron chi connectivity index (χ4n) is 5.92. The number of amides is 1. The minimum absolute atomic E-state index is 0.174. The normalized spacial score (nSPS) is 28.9. The molecular weight excluding hydrogens is 426 g/mol. The van der Waals surface area contributed by atoms with E-state index < -0.39 is 11.6 Å². The van der Waals surface area contributed by atoms with Gasteiger partial charge in [-0.3, -0.25) is 10.1 Å². The lowest BCUT2D eigenvalue weighted by atomic mass is 9.80. The number of aromatic nitrogens is 3. The smallest absolute Gasteiger partial charge is 0.343 e. The number of fused-ring (bicyclic) bond motifs is 3. The summed E-state index contributed by atoms with van der Waals surface area (Å²) in [6.45, 7) is 2.55. The minimum atomic E-state index is -1.70. The van der Waals surface area contributed by atoms with E-state index in [9.17, 15) is 14.7 Å². The van der Waals surface area contributed by atoms with E-state index in [1.165, 1.54) is 25.2 Å². The summed E-state index contributed by atoms with van der Waals surface area (Å²) >= 11 is 0. The number of nitrogens with zero attached hydrogens (tertiary/aromatic N) is 4. The van der Waals surface area contributed by atoms with Crippen LogP contribution in [0.15, 0.2) is 35.7 Å². The van der Waals surface area contributed by atoms with Crippen molar-refractivity contribution in [3.8, 4) is 0 Å². The van der Waals surface area contributed by atoms with Gasteiger partial charge in [0, 0.05) is 30.2 Å². The van der Waals surface area contributed by atoms with E-state index in [0.717, 1.165) is 51.6 Å². The largest absolute Gasteiger partial charge is 0.472 e. The average Bonchev–Trinajstić information content (AvgIpc) is 3.54. The number of nitrogens with one attached hydrogen (secondary N) is 1. The Morgan fingerprint density at radius 1 is 1.18 bits per heavy atom. The molecule has 1 aliphatic carbocycles. The van der Waals surface area contributed by atoms with Gasteiger partial charge in [0.1, 0.15) is 19.2 Å². The number of esters is 1. The Morgan fingerprint density at radius 3 is 2.58 bits per heavy atom. The van der Waals surface area contributed by atoms with Crippen molar-refractivity contribution in [2.75, 3.05) is 31.5 Å². The number of carbonyl (C=O) groups excluding carboxylic acids is 2. The summed E-state index contributed by atoms with van der Waals surface area (Å²) in [6.07, 6.45) is 10.5. The zero-order valence-electron chi connectivity index (χ0n) is 18.6. The van der Waals surface area contributed by atoms with Crippen molar-refractivity contribution in [2.45, 2.75) is 50.2 Å². The Labute approximate surface area is 192 Å². The lowest BCUT2D eigenvalue weighted by molar-refractivity contribution is -0.939. The van der Waals surface area contributed by atoms with Gasteiger partial charge in [0.05, 0.1) is 25.6 Å². The number of rotatable bonds is 7. The molecule has 0 radical (unpaired) electrons. The van der Waals surface area contributed by atoms with Crippen LogP contribution in [-0.2, 0) is 19.9 Å². The van der Waals surface area contributed by atoms with Crippen molar-refractivity contribution in [1.29, 1.82) is 0 Å². The second kappa shape index (κ2) is 8.83. The highest BCUT2D eigenvalue weighted by molar-refractivity contribution is 5.89. The first-order valence-electron chi connectivity index (χ1n) is 11.7. The summed E-state index contributed by atoms with van der Waals surface area (Å²) in [4.78, 5) is 37.8. The van der Waals surface area contributed by atoms with Gasteiger partial charge in [-0.05, 0) is 18.9 Å². The van der Waals surface area contributed by atoms with Crippen LogP contribution in [0.3, 0.4) is 0 Å². The molecular formula is C23H30N5O5+. The summed E-state index contributed by atoms with van der Waals surface area (Å²) in [5.41, 5.74) is -1.24. The number of anilines is 1. The minimum Gasteiger partial charge on any atom is -0.472 e. The van der Waals surface area contributed by atoms with Gasteiger partial charge in [0.2, 0.25) is 5.95 Å². The molecule has 4 aliphatic rings. The van der Waals surface area contributed by atoms with Gasteiger partial charge in [-0.15, -0.1) is 0 Å². The first-order chi connectivity index (χ1) is 16.0. The van der Waals surface area contributed by atoms with Gasteiger partial charge in [-0.2, -0.15) is 0 Å². The fraction of sp³-hybridized carbons (Fsp3) is 0.609. The third kappa shape index (κ3) is 4.24. The highest BCUT2D eigenvalue weighted by atomic mass is 16.6. The van der Waals surface area contributed by atoms with Crippen LogP contribution in [0.25, 0.3) is 0 Å². The number of piperidine rings is 3. The zero-order valence-corrected chi connectivity index (χ0v) is 18.6. The third-order valence-corrected chi connectivity index (χ3v) is 7.74. The first kappa shape index (κ1) is 22.0. The van der Waals surface area contributed by atoms with Gasteiger partial charge >= 0.3 is 5.97 Å². The monoisotopic (exact) mass is 456 g/mol. The molecule has 10 nitrogen and oxygen atoms in total. The molecule has 176 valence electrons. The van der Waals surface area contributed by atoms with Crippen molar-refractivity contribution >= 4 is 17.8 Å². The Bertz CT molecular complexity index is 970. The van der Waals surface area contributed by atoms with E-state index in [1.54, 1.807) is 6.07 Å². The van der Waals surface area contributed by atoms with Crippen LogP contribution in [0.5, 0.6) is 0 Å². The number of quaternary nitrogens is 1. The van der Waals surface area contributed by atoms with Crippen LogP contribution >= 0.6 is 0 Å². The molecule has 0 aromatic carbocycles. The van der Waals surface area contributed by atoms with Gasteiger partial charge in [-0.1, -0.05) is 12.8 Å². The van der Waals surface area contributed by atoms with Gasteiger partial charge in [0.15, 0.2) is 18.2 Å². The average molecular weight is 457 g/mol. The topological polar surface area (TPSA) is 127 Å². The number of hydrogen-bond donors (Lipinski definition) is 2. The first-order valence-corrected chi connectivity index (χ1v) is 11.7. The van der Waals surface area contributed by atoms with Crippen molar-refractivity contribution in [3.05, 3.63) is 36.8 Å². The summed E-state index contributed by atoms with van der Waals surface area (Å²) in [6, 6.07) is 1.65. The Morgan fingerprint density at radius 2 is 1.91 bits per heavy atom. The molecule has 1 amide bonds. The van der Waals surface area contributed by atoms with E-state index in [4.69, 9.17) is 9.15 Å². The molecule has 2 bridgehead atoms. The number of hydrogen-bond acceptors (Lipinski definition) is 8. The predicted molar refractivity (Wildman–Crippen MR) is 115 cm³/mol. The molecule has 2 N–H and O–H groups in total. The SMILES string of the molecule is O=C(C[N+]12CCC(CC1)C(OC(=O)[C@](O)(c1ccoc1)C1CCCC1)C2)Nc1ncncn1. The summed E-state index contributed by atoms with van der Waals surface area (Å²) in [5.74, 6) is -0.477. The van der Waals surface area contributed by atoms with Crippen LogP contribution < -0.4 is 5.32 Å². The molecule has 1 saturated carbocycles. The molecule has 4 fully saturated rings. The predicted octanol–water partition coefficient (Wildman–Crippen LogP) is 1.63. The molecule has 10 heteroatoms. The fourth-order valence-corrected chi connectivity index (χ4v) is 5.92. The molecule has 2 aromatic heterocycles. The molecule has 33 heavy (non-hydrogen) atoms. The molecule has 3 aliphatic heterocycles. The highest BCUT2D eigenvalue weighted by Gasteiger charge is 2.53. The van der Waals surface area contributed by atoms with Crippen LogP contribution in [0.4, 0.5) is 5.95 Å². The van der Waals surface area contributed by atoms with E-state index in [1.807, 2.05) is 0 Å². The second-order valence-electron chi connectivity index (χ2n) is 9.68. The standard InChI is InChI=1S/C23H29N5O5/c29-20(27-22-25-14-24-15-26-22)12-28-8-5-16(6-9-28)19(11-28)33-21(30)23(31,17-3-1-2-4-17)18-7-10-32-13-18/h7,10,13-17,19,31H,1-6,8-9,11-12H2/p+1/t16?,19?,23-,28?/m1/s1. The lowest BCUT2D eigenvalue weighted by Crippen LogP contribution is -2.66. The number of carbonyl (C=O) groups is 2. The molecule has 3 saturated heterocycles. The van der Waals surface area contributed by atoms with Crippen molar-refractivity contribution < 1.29 is 28.3 Å². The van der Waals surface area contributed by atoms with Crippen LogP contribution in [-0.4, -0.2) is 68.7 Å². The van der Waals surface area contributed by atoms with Crippen molar-refractivity contribution in [1.82, 2.24) is 15.0 Å². The molecule has 5 heterocycles. The van der Waals surface area contributed by atoms with Gasteiger partial charge in [0.25, 0.3) is 5.91 Å². The molecule has 6 rings (SSSR count). The Hall–Kier alpha value is -2.85. The van der Waals surface area contributed by atoms with Gasteiger partial charge in [-0.25, -0.2) is 19.7 Å². The Kier molecular flexibility index (Phi) is 5.88. The second-order valence-corrected chi connectivity index (χ2v) is 9.68. The maximum atomic E-state index is 13.4. The molecule has 2 aromatic rings. The number of furan rings is 1. The Balaban J connectivity index is 1.28. The molecule has 1 unspecified atom stereocenters. The van der Waals surface area contributed by atoms with Crippen molar-refractivity contribution in [3.63, 3.8) is 0 Å². The summed E-state index contributed by atoms with van der Waals surface area (Å²) < 4.78 is 11.8. The lowest BCUT2D eigenvalue weighted by Gasteiger charge is -2.51. The molecule has 2 atom stereocenters. The molecule has 0 spiro atoms. The van der Waals surface area contributed by atoms with Crippen molar-refractivity contribution in [2.24, 2.45) is 11.8 Å².